The first-order valence-corrected chi connectivity index (χ1v) is 9.34. The second-order valence-corrected chi connectivity index (χ2v) is 7.26. The molecule has 1 amide bonds. The SMILES string of the molecule is Cc1noc2ncnc(N3CCn4nc(CCC(=O)NC5CC5)cc4C3)c12. The zero-order valence-corrected chi connectivity index (χ0v) is 15.2. The number of carbonyl (C=O) groups excluding carboxylic acids is 1. The van der Waals surface area contributed by atoms with E-state index in [-0.39, 0.29) is 5.91 Å². The lowest BCUT2D eigenvalue weighted by molar-refractivity contribution is -0.121. The van der Waals surface area contributed by atoms with Gasteiger partial charge in [-0.3, -0.25) is 9.48 Å². The van der Waals surface area contributed by atoms with Gasteiger partial charge in [0.05, 0.1) is 30.2 Å². The third-order valence-corrected chi connectivity index (χ3v) is 5.12. The van der Waals surface area contributed by atoms with Crippen LogP contribution in [0.1, 0.15) is 36.3 Å². The fourth-order valence-electron chi connectivity index (χ4n) is 3.54. The maximum atomic E-state index is 11.9. The Bertz CT molecular complexity index is 1000. The molecule has 1 aliphatic heterocycles. The maximum absolute atomic E-state index is 11.9. The van der Waals surface area contributed by atoms with Crippen molar-refractivity contribution >= 4 is 22.8 Å². The summed E-state index contributed by atoms with van der Waals surface area (Å²) in [5, 5.41) is 12.6. The first-order valence-electron chi connectivity index (χ1n) is 9.34. The van der Waals surface area contributed by atoms with Crippen molar-refractivity contribution in [1.29, 1.82) is 0 Å². The maximum Gasteiger partial charge on any atom is 0.263 e. The van der Waals surface area contributed by atoms with Crippen LogP contribution >= 0.6 is 0 Å². The monoisotopic (exact) mass is 367 g/mol. The predicted octanol–water partition coefficient (Wildman–Crippen LogP) is 1.35. The quantitative estimate of drug-likeness (QED) is 0.726. The summed E-state index contributed by atoms with van der Waals surface area (Å²) >= 11 is 0. The van der Waals surface area contributed by atoms with Gasteiger partial charge in [0, 0.05) is 25.4 Å². The van der Waals surface area contributed by atoms with Crippen molar-refractivity contribution in [2.45, 2.75) is 51.7 Å². The largest absolute Gasteiger partial charge is 0.353 e. The van der Waals surface area contributed by atoms with Crippen molar-refractivity contribution in [2.75, 3.05) is 11.4 Å². The molecule has 1 fully saturated rings. The molecule has 0 radical (unpaired) electrons. The van der Waals surface area contributed by atoms with Gasteiger partial charge in [0.15, 0.2) is 0 Å². The summed E-state index contributed by atoms with van der Waals surface area (Å²) < 4.78 is 7.29. The lowest BCUT2D eigenvalue weighted by Gasteiger charge is -2.28. The summed E-state index contributed by atoms with van der Waals surface area (Å²) in [5.41, 5.74) is 3.40. The van der Waals surface area contributed by atoms with Gasteiger partial charge in [0.1, 0.15) is 17.5 Å². The van der Waals surface area contributed by atoms with E-state index in [0.29, 0.717) is 31.1 Å². The minimum Gasteiger partial charge on any atom is -0.353 e. The highest BCUT2D eigenvalue weighted by atomic mass is 16.5. The molecule has 3 aromatic rings. The third kappa shape index (κ3) is 3.13. The lowest BCUT2D eigenvalue weighted by atomic mass is 10.2. The highest BCUT2D eigenvalue weighted by Crippen LogP contribution is 2.28. The van der Waals surface area contributed by atoms with E-state index in [1.807, 2.05) is 11.6 Å². The fourth-order valence-corrected chi connectivity index (χ4v) is 3.54. The topological polar surface area (TPSA) is 102 Å². The van der Waals surface area contributed by atoms with Crippen molar-refractivity contribution < 1.29 is 9.32 Å². The standard InChI is InChI=1S/C18H21N7O2/c1-11-16-17(19-10-20-18(16)27-23-11)24-6-7-25-14(9-24)8-13(22-25)4-5-15(26)21-12-2-3-12/h8,10,12H,2-7,9H2,1H3,(H,21,26). The van der Waals surface area contributed by atoms with E-state index in [1.54, 1.807) is 0 Å². The van der Waals surface area contributed by atoms with Crippen LogP contribution < -0.4 is 10.2 Å². The molecule has 1 N–H and O–H groups in total. The van der Waals surface area contributed by atoms with Crippen LogP contribution in [0.25, 0.3) is 11.1 Å². The van der Waals surface area contributed by atoms with Crippen LogP contribution in [0.3, 0.4) is 0 Å². The molecule has 0 aromatic carbocycles. The summed E-state index contributed by atoms with van der Waals surface area (Å²) in [6, 6.07) is 2.50. The van der Waals surface area contributed by atoms with Gasteiger partial charge in [-0.1, -0.05) is 5.16 Å². The average Bonchev–Trinajstić information content (AvgIpc) is 3.26. The van der Waals surface area contributed by atoms with Gasteiger partial charge in [-0.25, -0.2) is 4.98 Å². The smallest absolute Gasteiger partial charge is 0.263 e. The summed E-state index contributed by atoms with van der Waals surface area (Å²) in [5.74, 6) is 0.966. The summed E-state index contributed by atoms with van der Waals surface area (Å²) in [6.45, 7) is 4.18. The second kappa shape index (κ2) is 6.33. The van der Waals surface area contributed by atoms with E-state index >= 15 is 0 Å². The van der Waals surface area contributed by atoms with Gasteiger partial charge in [0.2, 0.25) is 5.91 Å². The molecule has 2 aliphatic rings. The Morgan fingerprint density at radius 1 is 1.33 bits per heavy atom. The van der Waals surface area contributed by atoms with Crippen molar-refractivity contribution in [1.82, 2.24) is 30.2 Å². The summed E-state index contributed by atoms with van der Waals surface area (Å²) in [7, 11) is 0. The van der Waals surface area contributed by atoms with Crippen LogP contribution in [0, 0.1) is 6.92 Å². The lowest BCUT2D eigenvalue weighted by Crippen LogP contribution is -2.34. The third-order valence-electron chi connectivity index (χ3n) is 5.12. The molecule has 27 heavy (non-hydrogen) atoms. The molecule has 9 heteroatoms. The second-order valence-electron chi connectivity index (χ2n) is 7.26. The van der Waals surface area contributed by atoms with Crippen molar-refractivity contribution in [2.24, 2.45) is 0 Å². The number of anilines is 1. The molecule has 0 spiro atoms. The molecule has 0 saturated heterocycles. The molecule has 1 saturated carbocycles. The fraction of sp³-hybridized carbons (Fsp3) is 0.500. The van der Waals surface area contributed by atoms with Gasteiger partial charge in [-0.05, 0) is 25.8 Å². The van der Waals surface area contributed by atoms with Crippen LogP contribution in [0.5, 0.6) is 0 Å². The molecule has 0 unspecified atom stereocenters. The predicted molar refractivity (Wildman–Crippen MR) is 97.1 cm³/mol. The summed E-state index contributed by atoms with van der Waals surface area (Å²) in [6.07, 6.45) is 4.90. The Labute approximate surface area is 155 Å². The number of hydrogen-bond acceptors (Lipinski definition) is 7. The molecular weight excluding hydrogens is 346 g/mol. The first kappa shape index (κ1) is 16.2. The van der Waals surface area contributed by atoms with E-state index in [0.717, 1.165) is 54.2 Å². The number of aromatic nitrogens is 5. The molecule has 9 nitrogen and oxygen atoms in total. The number of fused-ring (bicyclic) bond motifs is 2. The number of aryl methyl sites for hydroxylation is 2. The normalized spacial score (nSPS) is 16.6. The van der Waals surface area contributed by atoms with E-state index in [2.05, 4.69) is 36.5 Å². The zero-order chi connectivity index (χ0) is 18.4. The molecule has 0 atom stereocenters. The van der Waals surface area contributed by atoms with Gasteiger partial charge < -0.3 is 14.7 Å². The Balaban J connectivity index is 1.31. The molecule has 0 bridgehead atoms. The highest BCUT2D eigenvalue weighted by Gasteiger charge is 2.25. The molecule has 3 aromatic heterocycles. The molecule has 5 rings (SSSR count). The Kier molecular flexibility index (Phi) is 3.80. The van der Waals surface area contributed by atoms with Crippen LogP contribution in [-0.4, -0.2) is 43.4 Å². The summed E-state index contributed by atoms with van der Waals surface area (Å²) in [4.78, 5) is 22.7. The minimum absolute atomic E-state index is 0.122. The van der Waals surface area contributed by atoms with Crippen LogP contribution in [0.4, 0.5) is 5.82 Å². The Hall–Kier alpha value is -2.97. The average molecular weight is 367 g/mol. The zero-order valence-electron chi connectivity index (χ0n) is 15.2. The van der Waals surface area contributed by atoms with Crippen molar-refractivity contribution in [3.63, 3.8) is 0 Å². The van der Waals surface area contributed by atoms with Gasteiger partial charge in [-0.15, -0.1) is 0 Å². The van der Waals surface area contributed by atoms with E-state index in [9.17, 15) is 4.79 Å². The van der Waals surface area contributed by atoms with E-state index in [1.165, 1.54) is 6.33 Å². The minimum atomic E-state index is 0.122. The van der Waals surface area contributed by atoms with Crippen molar-refractivity contribution in [3.05, 3.63) is 29.5 Å². The number of amides is 1. The first-order chi connectivity index (χ1) is 13.2. The number of nitrogens with zero attached hydrogens (tertiary/aromatic N) is 6. The number of rotatable bonds is 5. The highest BCUT2D eigenvalue weighted by molar-refractivity contribution is 5.87. The van der Waals surface area contributed by atoms with Crippen LogP contribution in [-0.2, 0) is 24.3 Å². The van der Waals surface area contributed by atoms with Crippen LogP contribution in [0.15, 0.2) is 16.9 Å². The number of hydrogen-bond donors (Lipinski definition) is 1. The van der Waals surface area contributed by atoms with Crippen molar-refractivity contribution in [3.8, 4) is 0 Å². The molecule has 4 heterocycles. The Morgan fingerprint density at radius 3 is 3.07 bits per heavy atom. The number of carbonyl (C=O) groups is 1. The molecular formula is C18H21N7O2. The van der Waals surface area contributed by atoms with E-state index < -0.39 is 0 Å². The van der Waals surface area contributed by atoms with Gasteiger partial charge in [0.25, 0.3) is 5.71 Å². The van der Waals surface area contributed by atoms with Gasteiger partial charge in [-0.2, -0.15) is 10.1 Å². The van der Waals surface area contributed by atoms with Gasteiger partial charge >= 0.3 is 0 Å². The number of nitrogens with one attached hydrogen (secondary N) is 1. The molecule has 1 aliphatic carbocycles. The van der Waals surface area contributed by atoms with E-state index in [4.69, 9.17) is 4.52 Å². The molecule has 140 valence electrons. The van der Waals surface area contributed by atoms with Crippen LogP contribution in [0.2, 0.25) is 0 Å². The Morgan fingerprint density at radius 2 is 2.22 bits per heavy atom.